The van der Waals surface area contributed by atoms with E-state index in [1.54, 1.807) is 36.4 Å². The van der Waals surface area contributed by atoms with Crippen LogP contribution in [-0.4, -0.2) is 95.0 Å². The van der Waals surface area contributed by atoms with Crippen LogP contribution in [0.2, 0.25) is 0 Å². The summed E-state index contributed by atoms with van der Waals surface area (Å²) in [6.07, 6.45) is -2.12. The fourth-order valence-electron chi connectivity index (χ4n) is 5.27. The van der Waals surface area contributed by atoms with E-state index in [2.05, 4.69) is 40.8 Å². The number of methoxy groups -OCH3 is 1. The van der Waals surface area contributed by atoms with Gasteiger partial charge in [-0.25, -0.2) is 18.0 Å². The maximum atomic E-state index is 14.2. The molecule has 0 bridgehead atoms. The fraction of sp³-hybridized carbons (Fsp3) is 0.400. The number of hydrazine groups is 1. The molecule has 52 heavy (non-hydrogen) atoms. The highest BCUT2D eigenvalue weighted by molar-refractivity contribution is 9.10. The van der Waals surface area contributed by atoms with Crippen LogP contribution >= 0.6 is 23.7 Å². The molecule has 1 aliphatic heterocycles. The summed E-state index contributed by atoms with van der Waals surface area (Å²) < 4.78 is 68.2. The zero-order chi connectivity index (χ0) is 38.0. The molecule has 2 aromatic carbocycles. The molecular weight excluding hydrogens is 791 g/mol. The van der Waals surface area contributed by atoms with Gasteiger partial charge in [-0.15, -0.1) is 4.83 Å². The molecule has 0 spiro atoms. The predicted molar refractivity (Wildman–Crippen MR) is 190 cm³/mol. The molecule has 22 heteroatoms. The average molecular weight is 830 g/mol. The van der Waals surface area contributed by atoms with Crippen molar-refractivity contribution in [2.45, 2.75) is 50.5 Å². The van der Waals surface area contributed by atoms with Gasteiger partial charge in [0.05, 0.1) is 26.3 Å². The lowest BCUT2D eigenvalue weighted by Gasteiger charge is -2.27. The molecule has 0 saturated carbocycles. The number of aromatic nitrogens is 4. The standard InChI is InChI=1S/C30H38BrN8O11PS/c1-17(27(41)47-14-18-8-6-7-9-21(18)46-4)36-51(43,50-20-12-10-19(31)11-13-20)48-15-22-24(40)30(2,42)28(49-22)39-16-33-23-25(34-29(32)35-26(23)39)38(3)37-52(5,44)45/h6-13,16-17,22,24,28,37,40,42H,14-15H2,1-5H3,(H,36,43)(H2,32,34,35)/t17?,22-,24-,28?,30-,51?/m1/s1. The second-order valence-electron chi connectivity index (χ2n) is 12.0. The number of carbonyl (C=O) groups excluding carboxylic acids is 1. The number of aliphatic hydroxyl groups is 2. The van der Waals surface area contributed by atoms with E-state index in [4.69, 9.17) is 29.0 Å². The summed E-state index contributed by atoms with van der Waals surface area (Å²) in [5, 5.41) is 26.4. The summed E-state index contributed by atoms with van der Waals surface area (Å²) in [5.41, 5.74) is 4.65. The number of nitrogen functional groups attached to an aromatic ring is 1. The van der Waals surface area contributed by atoms with Crippen molar-refractivity contribution in [3.63, 3.8) is 0 Å². The normalized spacial score (nSPS) is 22.1. The van der Waals surface area contributed by atoms with E-state index >= 15 is 0 Å². The topological polar surface area (TPSA) is 252 Å². The molecule has 19 nitrogen and oxygen atoms in total. The Morgan fingerprint density at radius 2 is 1.92 bits per heavy atom. The Bertz CT molecular complexity index is 2070. The van der Waals surface area contributed by atoms with Gasteiger partial charge >= 0.3 is 13.7 Å². The number of aliphatic hydroxyl groups excluding tert-OH is 1. The second-order valence-corrected chi connectivity index (χ2v) is 16.3. The molecule has 1 fully saturated rings. The number of hydrogen-bond donors (Lipinski definition) is 5. The molecule has 0 amide bonds. The van der Waals surface area contributed by atoms with E-state index in [0.29, 0.717) is 11.3 Å². The van der Waals surface area contributed by atoms with Crippen molar-refractivity contribution >= 4 is 62.6 Å². The Balaban J connectivity index is 1.35. The Hall–Kier alpha value is -3.92. The van der Waals surface area contributed by atoms with Gasteiger partial charge in [0.15, 0.2) is 23.2 Å². The van der Waals surface area contributed by atoms with E-state index in [1.807, 2.05) is 0 Å². The highest BCUT2D eigenvalue weighted by Crippen LogP contribution is 2.47. The first-order chi connectivity index (χ1) is 24.4. The number of imidazole rings is 1. The average Bonchev–Trinajstić information content (AvgIpc) is 3.59. The largest absolute Gasteiger partial charge is 0.496 e. The number of hydrogen-bond acceptors (Lipinski definition) is 16. The minimum absolute atomic E-state index is 0.00241. The number of nitrogens with zero attached hydrogens (tertiary/aromatic N) is 5. The Labute approximate surface area is 307 Å². The SMILES string of the molecule is COc1ccccc1COC(=O)C(C)NP(=O)(OC[C@H]1OC(n2cnc3c(N(C)NS(C)(=O)=O)nc(N)nc32)[C@](C)(O)[C@@H]1O)Oc1ccc(Br)cc1. The van der Waals surface area contributed by atoms with Gasteiger partial charge in [0.2, 0.25) is 16.0 Å². The van der Waals surface area contributed by atoms with Crippen LogP contribution in [-0.2, 0) is 40.0 Å². The van der Waals surface area contributed by atoms with Crippen molar-refractivity contribution in [1.82, 2.24) is 29.4 Å². The van der Waals surface area contributed by atoms with Crippen LogP contribution in [0.3, 0.4) is 0 Å². The van der Waals surface area contributed by atoms with Gasteiger partial charge in [-0.05, 0) is 44.2 Å². The number of fused-ring (bicyclic) bond motifs is 1. The summed E-state index contributed by atoms with van der Waals surface area (Å²) in [6, 6.07) is 12.1. The Kier molecular flexibility index (Phi) is 11.8. The molecular formula is C30H38BrN8O11PS. The van der Waals surface area contributed by atoms with Crippen LogP contribution in [0.25, 0.3) is 11.2 Å². The number of nitrogens with two attached hydrogens (primary N) is 1. The summed E-state index contributed by atoms with van der Waals surface area (Å²) in [4.78, 5) is 27.8. The van der Waals surface area contributed by atoms with Crippen molar-refractivity contribution in [2.75, 3.05) is 37.8 Å². The molecule has 5 rings (SSSR count). The van der Waals surface area contributed by atoms with Crippen molar-refractivity contribution in [3.8, 4) is 11.5 Å². The van der Waals surface area contributed by atoms with Crippen LogP contribution in [0, 0.1) is 0 Å². The third-order valence-corrected chi connectivity index (χ3v) is 10.5. The lowest BCUT2D eigenvalue weighted by molar-refractivity contribution is -0.146. The zero-order valence-corrected chi connectivity index (χ0v) is 31.8. The molecule has 282 valence electrons. The van der Waals surface area contributed by atoms with Gasteiger partial charge in [0.25, 0.3) is 0 Å². The van der Waals surface area contributed by atoms with Crippen LogP contribution in [0.4, 0.5) is 11.8 Å². The Morgan fingerprint density at radius 1 is 1.23 bits per heavy atom. The molecule has 6 N–H and O–H groups in total. The lowest BCUT2D eigenvalue weighted by Crippen LogP contribution is -2.44. The first kappa shape index (κ1) is 39.3. The molecule has 0 radical (unpaired) electrons. The van der Waals surface area contributed by atoms with Crippen molar-refractivity contribution < 1.29 is 51.2 Å². The number of para-hydroxylation sites is 1. The lowest BCUT2D eigenvalue weighted by atomic mass is 9.96. The predicted octanol–water partition coefficient (Wildman–Crippen LogP) is 2.01. The highest BCUT2D eigenvalue weighted by atomic mass is 79.9. The third-order valence-electron chi connectivity index (χ3n) is 7.76. The number of rotatable bonds is 15. The summed E-state index contributed by atoms with van der Waals surface area (Å²) in [6.45, 7) is 1.97. The number of halogens is 1. The van der Waals surface area contributed by atoms with Crippen LogP contribution < -0.4 is 29.9 Å². The van der Waals surface area contributed by atoms with E-state index in [0.717, 1.165) is 15.7 Å². The van der Waals surface area contributed by atoms with E-state index in [-0.39, 0.29) is 35.3 Å². The maximum Gasteiger partial charge on any atom is 0.459 e. The van der Waals surface area contributed by atoms with Gasteiger partial charge in [0, 0.05) is 17.1 Å². The number of esters is 1. The Morgan fingerprint density at radius 3 is 2.60 bits per heavy atom. The number of ether oxygens (including phenoxy) is 3. The van der Waals surface area contributed by atoms with Crippen LogP contribution in [0.15, 0.2) is 59.3 Å². The molecule has 3 heterocycles. The molecule has 3 unspecified atom stereocenters. The number of nitrogens with one attached hydrogen (secondary N) is 2. The van der Waals surface area contributed by atoms with Gasteiger partial charge in [-0.3, -0.25) is 18.9 Å². The van der Waals surface area contributed by atoms with Gasteiger partial charge in [-0.1, -0.05) is 34.1 Å². The quantitative estimate of drug-likeness (QED) is 0.0653. The van der Waals surface area contributed by atoms with Gasteiger partial charge < -0.3 is 34.7 Å². The first-order valence-electron chi connectivity index (χ1n) is 15.4. The summed E-state index contributed by atoms with van der Waals surface area (Å²) >= 11 is 3.33. The fourth-order valence-corrected chi connectivity index (χ4v) is 7.63. The molecule has 0 aliphatic carbocycles. The van der Waals surface area contributed by atoms with Gasteiger partial charge in [0.1, 0.15) is 42.0 Å². The summed E-state index contributed by atoms with van der Waals surface area (Å²) in [7, 11) is -5.28. The maximum absolute atomic E-state index is 14.2. The van der Waals surface area contributed by atoms with E-state index < -0.39 is 60.4 Å². The molecule has 1 saturated heterocycles. The highest BCUT2D eigenvalue weighted by Gasteiger charge is 2.54. The van der Waals surface area contributed by atoms with Gasteiger partial charge in [-0.2, -0.15) is 15.1 Å². The second kappa shape index (κ2) is 15.6. The monoisotopic (exact) mass is 828 g/mol. The number of benzene rings is 2. The molecule has 4 aromatic rings. The molecule has 1 aliphatic rings. The summed E-state index contributed by atoms with van der Waals surface area (Å²) in [5.74, 6) is -0.391. The van der Waals surface area contributed by atoms with E-state index in [9.17, 15) is 28.0 Å². The van der Waals surface area contributed by atoms with Crippen LogP contribution in [0.5, 0.6) is 11.5 Å². The minimum Gasteiger partial charge on any atom is -0.496 e. The number of sulfonamides is 1. The first-order valence-corrected chi connectivity index (χ1v) is 19.7. The van der Waals surface area contributed by atoms with Crippen LogP contribution in [0.1, 0.15) is 25.6 Å². The minimum atomic E-state index is -4.44. The zero-order valence-electron chi connectivity index (χ0n) is 28.5. The van der Waals surface area contributed by atoms with Crippen molar-refractivity contribution in [2.24, 2.45) is 0 Å². The van der Waals surface area contributed by atoms with Crippen molar-refractivity contribution in [3.05, 3.63) is 64.9 Å². The smallest absolute Gasteiger partial charge is 0.459 e. The number of anilines is 2. The molecule has 6 atom stereocenters. The molecule has 2 aromatic heterocycles. The third kappa shape index (κ3) is 8.99. The number of carbonyl (C=O) groups is 1. The van der Waals surface area contributed by atoms with E-state index in [1.165, 1.54) is 51.0 Å². The van der Waals surface area contributed by atoms with Crippen molar-refractivity contribution in [1.29, 1.82) is 0 Å².